The van der Waals surface area contributed by atoms with Crippen LogP contribution in [0.25, 0.3) is 11.0 Å². The van der Waals surface area contributed by atoms with Gasteiger partial charge in [-0.2, -0.15) is 5.10 Å². The standard InChI is InChI=1S/C22H19ClF3N5O2/c23-13-3-1-12(2-4-13)21(10-22(25,26)11-21)20(33)31-9-14(24)7-17(31)19(32)29-18-6-5-15-16(28-18)8-27-30-15/h1-6,8,14,17H,7,9-11H2,(H,27,30)(H,28,29,32). The van der Waals surface area contributed by atoms with Gasteiger partial charge in [0.2, 0.25) is 11.8 Å². The number of fused-ring (bicyclic) bond motifs is 1. The maximum atomic E-state index is 14.4. The number of hydrogen-bond acceptors (Lipinski definition) is 4. The van der Waals surface area contributed by atoms with E-state index < -0.39 is 48.2 Å². The fourth-order valence-electron chi connectivity index (χ4n) is 4.72. The zero-order valence-corrected chi connectivity index (χ0v) is 18.0. The summed E-state index contributed by atoms with van der Waals surface area (Å²) in [5.41, 5.74) is 0.0283. The van der Waals surface area contributed by atoms with E-state index in [1.807, 2.05) is 0 Å². The number of nitrogens with one attached hydrogen (secondary N) is 2. The summed E-state index contributed by atoms with van der Waals surface area (Å²) in [6.45, 7) is -0.341. The summed E-state index contributed by atoms with van der Waals surface area (Å²) in [6, 6.07) is 8.17. The maximum absolute atomic E-state index is 14.4. The van der Waals surface area contributed by atoms with E-state index in [0.717, 1.165) is 4.90 Å². The van der Waals surface area contributed by atoms with E-state index in [-0.39, 0.29) is 18.8 Å². The van der Waals surface area contributed by atoms with Crippen LogP contribution in [0.15, 0.2) is 42.6 Å². The largest absolute Gasteiger partial charge is 0.327 e. The smallest absolute Gasteiger partial charge is 0.250 e. The number of likely N-dealkylation sites (tertiary alicyclic amines) is 1. The van der Waals surface area contributed by atoms with Crippen molar-refractivity contribution in [2.24, 2.45) is 0 Å². The first-order chi connectivity index (χ1) is 15.7. The Hall–Kier alpha value is -3.14. The number of halogens is 4. The van der Waals surface area contributed by atoms with Gasteiger partial charge in [0, 0.05) is 24.3 Å². The second-order valence-electron chi connectivity index (χ2n) is 8.59. The monoisotopic (exact) mass is 477 g/mol. The van der Waals surface area contributed by atoms with Crippen LogP contribution >= 0.6 is 11.6 Å². The molecule has 33 heavy (non-hydrogen) atoms. The lowest BCUT2D eigenvalue weighted by atomic mass is 9.61. The summed E-state index contributed by atoms with van der Waals surface area (Å²) in [6.07, 6.45) is -1.60. The van der Waals surface area contributed by atoms with Crippen LogP contribution in [-0.2, 0) is 15.0 Å². The Morgan fingerprint density at radius 2 is 1.88 bits per heavy atom. The van der Waals surface area contributed by atoms with Crippen molar-refractivity contribution in [1.29, 1.82) is 0 Å². The molecule has 1 aromatic carbocycles. The molecule has 2 unspecified atom stereocenters. The van der Waals surface area contributed by atoms with Crippen molar-refractivity contribution in [1.82, 2.24) is 20.1 Å². The van der Waals surface area contributed by atoms with Crippen molar-refractivity contribution < 1.29 is 22.8 Å². The number of carbonyl (C=O) groups is 2. The first-order valence-electron chi connectivity index (χ1n) is 10.4. The zero-order chi connectivity index (χ0) is 23.4. The Morgan fingerprint density at radius 3 is 2.58 bits per heavy atom. The SMILES string of the molecule is O=C(Nc1ccc2[nH]ncc2n1)C1CC(F)CN1C(=O)C1(c2ccc(Cl)cc2)CC(F)(F)C1. The number of anilines is 1. The summed E-state index contributed by atoms with van der Waals surface area (Å²) in [7, 11) is 0. The number of amides is 2. The maximum Gasteiger partial charge on any atom is 0.250 e. The summed E-state index contributed by atoms with van der Waals surface area (Å²) >= 11 is 5.92. The van der Waals surface area contributed by atoms with Gasteiger partial charge in [0.15, 0.2) is 0 Å². The molecule has 3 aromatic rings. The molecule has 1 saturated carbocycles. The summed E-state index contributed by atoms with van der Waals surface area (Å²) < 4.78 is 42.4. The highest BCUT2D eigenvalue weighted by Crippen LogP contribution is 2.55. The Balaban J connectivity index is 1.41. The second kappa shape index (κ2) is 7.72. The quantitative estimate of drug-likeness (QED) is 0.597. The van der Waals surface area contributed by atoms with Gasteiger partial charge >= 0.3 is 0 Å². The van der Waals surface area contributed by atoms with E-state index in [2.05, 4.69) is 20.5 Å². The van der Waals surface area contributed by atoms with Crippen molar-refractivity contribution in [2.75, 3.05) is 11.9 Å². The molecule has 1 aliphatic heterocycles. The number of aromatic nitrogens is 3. The molecule has 1 aliphatic carbocycles. The molecular weight excluding hydrogens is 459 g/mol. The predicted molar refractivity (Wildman–Crippen MR) is 115 cm³/mol. The third-order valence-corrected chi connectivity index (χ3v) is 6.54. The number of carbonyl (C=O) groups excluding carboxylic acids is 2. The highest BCUT2D eigenvalue weighted by atomic mass is 35.5. The highest BCUT2D eigenvalue weighted by molar-refractivity contribution is 6.30. The molecule has 7 nitrogen and oxygen atoms in total. The van der Waals surface area contributed by atoms with Crippen LogP contribution in [0.2, 0.25) is 5.02 Å². The molecular formula is C22H19ClF3N5O2. The fourth-order valence-corrected chi connectivity index (χ4v) is 4.85. The summed E-state index contributed by atoms with van der Waals surface area (Å²) in [5.74, 6) is -4.12. The number of hydrogen-bond donors (Lipinski definition) is 2. The van der Waals surface area contributed by atoms with Gasteiger partial charge in [-0.25, -0.2) is 18.2 Å². The van der Waals surface area contributed by atoms with Crippen molar-refractivity contribution in [3.05, 3.63) is 53.2 Å². The zero-order valence-electron chi connectivity index (χ0n) is 17.2. The topological polar surface area (TPSA) is 91.0 Å². The van der Waals surface area contributed by atoms with E-state index >= 15 is 0 Å². The number of H-pyrrole nitrogens is 1. The average Bonchev–Trinajstić information content (AvgIpc) is 3.37. The lowest BCUT2D eigenvalue weighted by molar-refractivity contribution is -0.169. The minimum Gasteiger partial charge on any atom is -0.327 e. The van der Waals surface area contributed by atoms with Crippen molar-refractivity contribution >= 4 is 40.3 Å². The first kappa shape index (κ1) is 21.7. The molecule has 2 fully saturated rings. The molecule has 172 valence electrons. The number of nitrogens with zero attached hydrogens (tertiary/aromatic N) is 3. The van der Waals surface area contributed by atoms with Gasteiger partial charge in [-0.1, -0.05) is 23.7 Å². The van der Waals surface area contributed by atoms with E-state index in [1.165, 1.54) is 30.5 Å². The number of benzene rings is 1. The normalized spacial score (nSPS) is 23.3. The van der Waals surface area contributed by atoms with Crippen LogP contribution in [0.4, 0.5) is 19.0 Å². The Labute approximate surface area is 191 Å². The van der Waals surface area contributed by atoms with E-state index in [0.29, 0.717) is 21.6 Å². The lowest BCUT2D eigenvalue weighted by Gasteiger charge is -2.48. The molecule has 2 N–H and O–H groups in total. The molecule has 0 radical (unpaired) electrons. The number of rotatable bonds is 4. The van der Waals surface area contributed by atoms with Gasteiger partial charge in [-0.15, -0.1) is 0 Å². The summed E-state index contributed by atoms with van der Waals surface area (Å²) in [4.78, 5) is 31.9. The van der Waals surface area contributed by atoms with Crippen LogP contribution in [-0.4, -0.2) is 56.6 Å². The van der Waals surface area contributed by atoms with Crippen molar-refractivity contribution in [3.63, 3.8) is 0 Å². The molecule has 3 heterocycles. The Bertz CT molecular complexity index is 1220. The van der Waals surface area contributed by atoms with Crippen LogP contribution in [0, 0.1) is 0 Å². The molecule has 2 aromatic heterocycles. The van der Waals surface area contributed by atoms with Gasteiger partial charge in [-0.3, -0.25) is 14.7 Å². The first-order valence-corrected chi connectivity index (χ1v) is 10.7. The van der Waals surface area contributed by atoms with Crippen LogP contribution in [0.5, 0.6) is 0 Å². The van der Waals surface area contributed by atoms with Gasteiger partial charge in [0.1, 0.15) is 23.5 Å². The number of pyridine rings is 1. The summed E-state index contributed by atoms with van der Waals surface area (Å²) in [5, 5.41) is 9.61. The van der Waals surface area contributed by atoms with Crippen LogP contribution < -0.4 is 5.32 Å². The minimum absolute atomic E-state index is 0.214. The van der Waals surface area contributed by atoms with E-state index in [9.17, 15) is 22.8 Å². The van der Waals surface area contributed by atoms with Gasteiger partial charge < -0.3 is 10.2 Å². The average molecular weight is 478 g/mol. The third-order valence-electron chi connectivity index (χ3n) is 6.29. The second-order valence-corrected chi connectivity index (χ2v) is 9.03. The molecule has 2 amide bonds. The van der Waals surface area contributed by atoms with Crippen LogP contribution in [0.3, 0.4) is 0 Å². The molecule has 11 heteroatoms. The van der Waals surface area contributed by atoms with Gasteiger partial charge in [0.25, 0.3) is 5.92 Å². The Morgan fingerprint density at radius 1 is 1.15 bits per heavy atom. The fraction of sp³-hybridized carbons (Fsp3) is 0.364. The molecule has 1 saturated heterocycles. The highest BCUT2D eigenvalue weighted by Gasteiger charge is 2.63. The molecule has 0 bridgehead atoms. The van der Waals surface area contributed by atoms with E-state index in [4.69, 9.17) is 11.6 Å². The number of aromatic amines is 1. The van der Waals surface area contributed by atoms with Gasteiger partial charge in [0.05, 0.1) is 23.7 Å². The Kier molecular flexibility index (Phi) is 5.08. The van der Waals surface area contributed by atoms with Gasteiger partial charge in [-0.05, 0) is 29.8 Å². The van der Waals surface area contributed by atoms with E-state index in [1.54, 1.807) is 12.1 Å². The van der Waals surface area contributed by atoms with Crippen molar-refractivity contribution in [2.45, 2.75) is 42.8 Å². The number of alkyl halides is 3. The lowest BCUT2D eigenvalue weighted by Crippen LogP contribution is -2.60. The molecule has 5 rings (SSSR count). The van der Waals surface area contributed by atoms with Crippen LogP contribution in [0.1, 0.15) is 24.8 Å². The molecule has 2 atom stereocenters. The molecule has 2 aliphatic rings. The third kappa shape index (κ3) is 3.82. The van der Waals surface area contributed by atoms with Crippen molar-refractivity contribution in [3.8, 4) is 0 Å². The minimum atomic E-state index is -3.02. The molecule has 0 spiro atoms. The predicted octanol–water partition coefficient (Wildman–Crippen LogP) is 3.86.